The van der Waals surface area contributed by atoms with Gasteiger partial charge in [0, 0.05) is 0 Å². The van der Waals surface area contributed by atoms with Crippen LogP contribution in [-0.2, 0) is 4.79 Å². The van der Waals surface area contributed by atoms with Gasteiger partial charge in [0.05, 0.1) is 5.92 Å². The van der Waals surface area contributed by atoms with Gasteiger partial charge in [0.2, 0.25) is 0 Å². The molecular formula is C13H20O2. The molecule has 0 saturated carbocycles. The standard InChI is InChI=1S/C13H20O2/c1-10(2)4-3-5-11-6-8-12(9-7-11)13(14)15/h4,6,12H,3,5,7-9H2,1-2H3,(H,14,15). The summed E-state index contributed by atoms with van der Waals surface area (Å²) in [6.07, 6.45) is 9.05. The largest absolute Gasteiger partial charge is 0.481 e. The Bertz CT molecular complexity index is 283. The molecule has 15 heavy (non-hydrogen) atoms. The second-order valence-corrected chi connectivity index (χ2v) is 4.49. The predicted molar refractivity (Wildman–Crippen MR) is 61.7 cm³/mol. The van der Waals surface area contributed by atoms with E-state index < -0.39 is 5.97 Å². The van der Waals surface area contributed by atoms with E-state index in [1.165, 1.54) is 11.1 Å². The number of rotatable bonds is 4. The summed E-state index contributed by atoms with van der Waals surface area (Å²) >= 11 is 0. The molecule has 1 unspecified atom stereocenters. The highest BCUT2D eigenvalue weighted by atomic mass is 16.4. The lowest BCUT2D eigenvalue weighted by atomic mass is 9.88. The Labute approximate surface area is 91.7 Å². The number of allylic oxidation sites excluding steroid dienone is 4. The summed E-state index contributed by atoms with van der Waals surface area (Å²) in [6, 6.07) is 0. The van der Waals surface area contributed by atoms with Crippen molar-refractivity contribution in [1.29, 1.82) is 0 Å². The molecule has 0 bridgehead atoms. The highest BCUT2D eigenvalue weighted by Gasteiger charge is 2.19. The molecule has 0 fully saturated rings. The van der Waals surface area contributed by atoms with E-state index in [4.69, 9.17) is 5.11 Å². The highest BCUT2D eigenvalue weighted by Crippen LogP contribution is 2.26. The van der Waals surface area contributed by atoms with Crippen molar-refractivity contribution >= 4 is 5.97 Å². The van der Waals surface area contributed by atoms with Crippen LogP contribution in [-0.4, -0.2) is 11.1 Å². The molecule has 0 heterocycles. The summed E-state index contributed by atoms with van der Waals surface area (Å²) in [5.41, 5.74) is 2.79. The highest BCUT2D eigenvalue weighted by molar-refractivity contribution is 5.70. The fourth-order valence-corrected chi connectivity index (χ4v) is 1.89. The molecule has 1 aliphatic rings. The molecule has 0 aromatic heterocycles. The fraction of sp³-hybridized carbons (Fsp3) is 0.615. The van der Waals surface area contributed by atoms with Gasteiger partial charge in [-0.05, 0) is 46.0 Å². The Morgan fingerprint density at radius 2 is 2.33 bits per heavy atom. The van der Waals surface area contributed by atoms with Crippen LogP contribution in [0.25, 0.3) is 0 Å². The van der Waals surface area contributed by atoms with Gasteiger partial charge in [0.15, 0.2) is 0 Å². The second kappa shape index (κ2) is 5.74. The number of carboxylic acid groups (broad SMARTS) is 1. The van der Waals surface area contributed by atoms with E-state index in [1.807, 2.05) is 0 Å². The minimum Gasteiger partial charge on any atom is -0.481 e. The first kappa shape index (κ1) is 12.0. The van der Waals surface area contributed by atoms with Crippen molar-refractivity contribution in [3.05, 3.63) is 23.3 Å². The van der Waals surface area contributed by atoms with Crippen LogP contribution >= 0.6 is 0 Å². The fourth-order valence-electron chi connectivity index (χ4n) is 1.89. The second-order valence-electron chi connectivity index (χ2n) is 4.49. The smallest absolute Gasteiger partial charge is 0.306 e. The molecule has 84 valence electrons. The van der Waals surface area contributed by atoms with Crippen LogP contribution in [0.2, 0.25) is 0 Å². The first-order valence-electron chi connectivity index (χ1n) is 5.63. The number of aliphatic carboxylic acids is 1. The Morgan fingerprint density at radius 3 is 2.80 bits per heavy atom. The maximum atomic E-state index is 10.7. The van der Waals surface area contributed by atoms with Gasteiger partial charge in [0.1, 0.15) is 0 Å². The van der Waals surface area contributed by atoms with E-state index >= 15 is 0 Å². The zero-order valence-electron chi connectivity index (χ0n) is 9.62. The summed E-state index contributed by atoms with van der Waals surface area (Å²) in [5.74, 6) is -0.785. The van der Waals surface area contributed by atoms with Crippen LogP contribution in [0.3, 0.4) is 0 Å². The maximum Gasteiger partial charge on any atom is 0.306 e. The van der Waals surface area contributed by atoms with Crippen molar-refractivity contribution in [2.24, 2.45) is 5.92 Å². The topological polar surface area (TPSA) is 37.3 Å². The average molecular weight is 208 g/mol. The number of carboxylic acids is 1. The van der Waals surface area contributed by atoms with Crippen LogP contribution in [0.5, 0.6) is 0 Å². The van der Waals surface area contributed by atoms with Crippen molar-refractivity contribution in [2.75, 3.05) is 0 Å². The van der Waals surface area contributed by atoms with Crippen LogP contribution in [0.15, 0.2) is 23.3 Å². The molecule has 0 saturated heterocycles. The Kier molecular flexibility index (Phi) is 4.60. The first-order chi connectivity index (χ1) is 7.09. The van der Waals surface area contributed by atoms with Crippen molar-refractivity contribution in [1.82, 2.24) is 0 Å². The lowest BCUT2D eigenvalue weighted by Gasteiger charge is -2.18. The third-order valence-electron chi connectivity index (χ3n) is 2.87. The summed E-state index contributed by atoms with van der Waals surface area (Å²) < 4.78 is 0. The summed E-state index contributed by atoms with van der Waals surface area (Å²) in [4.78, 5) is 10.7. The molecule has 1 rings (SSSR count). The van der Waals surface area contributed by atoms with Gasteiger partial charge >= 0.3 is 5.97 Å². The Hall–Kier alpha value is -1.05. The normalized spacial score (nSPS) is 20.7. The molecule has 2 heteroatoms. The lowest BCUT2D eigenvalue weighted by molar-refractivity contribution is -0.141. The van der Waals surface area contributed by atoms with Crippen molar-refractivity contribution in [2.45, 2.75) is 46.0 Å². The number of hydrogen-bond donors (Lipinski definition) is 1. The van der Waals surface area contributed by atoms with Gasteiger partial charge in [-0.15, -0.1) is 0 Å². The minimum atomic E-state index is -0.644. The third kappa shape index (κ3) is 4.32. The van der Waals surface area contributed by atoms with Crippen molar-refractivity contribution in [3.63, 3.8) is 0 Å². The van der Waals surface area contributed by atoms with E-state index in [1.54, 1.807) is 0 Å². The Balaban J connectivity index is 2.34. The molecule has 0 amide bonds. The van der Waals surface area contributed by atoms with E-state index in [0.717, 1.165) is 32.1 Å². The molecule has 1 aliphatic carbocycles. The third-order valence-corrected chi connectivity index (χ3v) is 2.87. The van der Waals surface area contributed by atoms with Crippen molar-refractivity contribution < 1.29 is 9.90 Å². The zero-order chi connectivity index (χ0) is 11.3. The minimum absolute atomic E-state index is 0.141. The summed E-state index contributed by atoms with van der Waals surface area (Å²) in [5, 5.41) is 8.83. The first-order valence-corrected chi connectivity index (χ1v) is 5.63. The number of hydrogen-bond acceptors (Lipinski definition) is 1. The Morgan fingerprint density at radius 1 is 1.60 bits per heavy atom. The molecule has 0 radical (unpaired) electrons. The van der Waals surface area contributed by atoms with E-state index in [2.05, 4.69) is 26.0 Å². The molecule has 1 N–H and O–H groups in total. The quantitative estimate of drug-likeness (QED) is 0.717. The van der Waals surface area contributed by atoms with Crippen LogP contribution in [0.1, 0.15) is 46.0 Å². The van der Waals surface area contributed by atoms with Gasteiger partial charge in [-0.25, -0.2) is 0 Å². The van der Waals surface area contributed by atoms with Gasteiger partial charge in [0.25, 0.3) is 0 Å². The molecular weight excluding hydrogens is 188 g/mol. The van der Waals surface area contributed by atoms with Crippen LogP contribution in [0.4, 0.5) is 0 Å². The van der Waals surface area contributed by atoms with Gasteiger partial charge in [-0.3, -0.25) is 4.79 Å². The van der Waals surface area contributed by atoms with Crippen molar-refractivity contribution in [3.8, 4) is 0 Å². The summed E-state index contributed by atoms with van der Waals surface area (Å²) in [7, 11) is 0. The van der Waals surface area contributed by atoms with Gasteiger partial charge in [-0.1, -0.05) is 23.3 Å². The van der Waals surface area contributed by atoms with E-state index in [9.17, 15) is 4.79 Å². The molecule has 0 aliphatic heterocycles. The number of carbonyl (C=O) groups is 1. The van der Waals surface area contributed by atoms with E-state index in [-0.39, 0.29) is 5.92 Å². The lowest BCUT2D eigenvalue weighted by Crippen LogP contribution is -2.15. The van der Waals surface area contributed by atoms with E-state index in [0.29, 0.717) is 0 Å². The monoisotopic (exact) mass is 208 g/mol. The molecule has 1 atom stereocenters. The molecule has 0 aromatic rings. The van der Waals surface area contributed by atoms with Crippen LogP contribution in [0, 0.1) is 5.92 Å². The maximum absolute atomic E-state index is 10.7. The SMILES string of the molecule is CC(C)=CCCC1=CCC(C(=O)O)CC1. The average Bonchev–Trinajstić information content (AvgIpc) is 2.18. The predicted octanol–water partition coefficient (Wildman–Crippen LogP) is 3.54. The van der Waals surface area contributed by atoms with Crippen LogP contribution < -0.4 is 0 Å². The molecule has 0 aromatic carbocycles. The summed E-state index contributed by atoms with van der Waals surface area (Å²) in [6.45, 7) is 4.21. The van der Waals surface area contributed by atoms with Gasteiger partial charge < -0.3 is 5.11 Å². The molecule has 0 spiro atoms. The zero-order valence-corrected chi connectivity index (χ0v) is 9.62. The molecule has 2 nitrogen and oxygen atoms in total. The van der Waals surface area contributed by atoms with Gasteiger partial charge in [-0.2, -0.15) is 0 Å².